The molecule has 2 heteroatoms. The molecule has 0 amide bonds. The highest BCUT2D eigenvalue weighted by atomic mass is 15.2. The third-order valence-electron chi connectivity index (χ3n) is 4.88. The summed E-state index contributed by atoms with van der Waals surface area (Å²) in [5, 5.41) is 0. The molecule has 2 aliphatic carbocycles. The zero-order chi connectivity index (χ0) is 11.4. The fourth-order valence-corrected chi connectivity index (χ4v) is 4.02. The first-order valence-electron chi connectivity index (χ1n) is 7.29. The Labute approximate surface area is 101 Å². The molecule has 0 unspecified atom stereocenters. The molecule has 0 aromatic carbocycles. The van der Waals surface area contributed by atoms with Gasteiger partial charge in [0, 0.05) is 18.1 Å². The predicted octanol–water partition coefficient (Wildman–Crippen LogP) is 2.91. The summed E-state index contributed by atoms with van der Waals surface area (Å²) in [5.74, 6) is 0. The van der Waals surface area contributed by atoms with Gasteiger partial charge in [-0.25, -0.2) is 0 Å². The Kier molecular flexibility index (Phi) is 4.26. The number of nitrogens with two attached hydrogens (primary N) is 1. The van der Waals surface area contributed by atoms with Gasteiger partial charge in [0.25, 0.3) is 0 Å². The zero-order valence-electron chi connectivity index (χ0n) is 10.9. The second-order valence-electron chi connectivity index (χ2n) is 5.71. The molecule has 2 aliphatic rings. The highest BCUT2D eigenvalue weighted by molar-refractivity contribution is 4.97. The second kappa shape index (κ2) is 5.50. The predicted molar refractivity (Wildman–Crippen MR) is 69.5 cm³/mol. The van der Waals surface area contributed by atoms with Crippen LogP contribution in [0.5, 0.6) is 0 Å². The van der Waals surface area contributed by atoms with Crippen LogP contribution in [0.15, 0.2) is 0 Å². The summed E-state index contributed by atoms with van der Waals surface area (Å²) in [6.45, 7) is 4.39. The van der Waals surface area contributed by atoms with Crippen LogP contribution < -0.4 is 5.73 Å². The summed E-state index contributed by atoms with van der Waals surface area (Å²) in [7, 11) is 0. The first-order valence-corrected chi connectivity index (χ1v) is 7.29. The molecule has 0 spiro atoms. The normalized spacial score (nSPS) is 26.4. The van der Waals surface area contributed by atoms with E-state index in [0.29, 0.717) is 5.54 Å². The molecule has 0 bridgehead atoms. The summed E-state index contributed by atoms with van der Waals surface area (Å²) in [4.78, 5) is 2.78. The van der Waals surface area contributed by atoms with E-state index in [0.717, 1.165) is 12.6 Å². The maximum Gasteiger partial charge on any atom is 0.0334 e. The number of likely N-dealkylation sites (N-methyl/N-ethyl adjacent to an activating group) is 1. The van der Waals surface area contributed by atoms with Gasteiger partial charge in [0.2, 0.25) is 0 Å². The lowest BCUT2D eigenvalue weighted by Crippen LogP contribution is -2.58. The van der Waals surface area contributed by atoms with Gasteiger partial charge in [-0.05, 0) is 32.2 Å². The minimum absolute atomic E-state index is 0.363. The number of nitrogens with zero attached hydrogens (tertiary/aromatic N) is 1. The van der Waals surface area contributed by atoms with E-state index in [2.05, 4.69) is 11.8 Å². The molecule has 16 heavy (non-hydrogen) atoms. The van der Waals surface area contributed by atoms with Crippen molar-refractivity contribution in [3.8, 4) is 0 Å². The molecule has 2 rings (SSSR count). The summed E-state index contributed by atoms with van der Waals surface area (Å²) >= 11 is 0. The van der Waals surface area contributed by atoms with E-state index in [1.165, 1.54) is 64.3 Å². The molecule has 0 aliphatic heterocycles. The van der Waals surface area contributed by atoms with Crippen molar-refractivity contribution < 1.29 is 0 Å². The third kappa shape index (κ3) is 2.28. The van der Waals surface area contributed by atoms with Crippen molar-refractivity contribution in [2.45, 2.75) is 76.3 Å². The molecule has 0 atom stereocenters. The molecular weight excluding hydrogens is 196 g/mol. The van der Waals surface area contributed by atoms with E-state index < -0.39 is 0 Å². The van der Waals surface area contributed by atoms with Crippen molar-refractivity contribution in [2.24, 2.45) is 5.73 Å². The smallest absolute Gasteiger partial charge is 0.0334 e. The van der Waals surface area contributed by atoms with Crippen molar-refractivity contribution in [3.63, 3.8) is 0 Å². The van der Waals surface area contributed by atoms with Crippen LogP contribution in [-0.2, 0) is 0 Å². The highest BCUT2D eigenvalue weighted by Crippen LogP contribution is 2.37. The van der Waals surface area contributed by atoms with E-state index in [9.17, 15) is 0 Å². The maximum absolute atomic E-state index is 6.14. The number of rotatable bonds is 4. The molecule has 2 fully saturated rings. The Bertz CT molecular complexity index is 203. The topological polar surface area (TPSA) is 29.3 Å². The van der Waals surface area contributed by atoms with E-state index in [1.807, 2.05) is 0 Å². The van der Waals surface area contributed by atoms with E-state index in [4.69, 9.17) is 5.73 Å². The van der Waals surface area contributed by atoms with E-state index in [-0.39, 0.29) is 0 Å². The third-order valence-corrected chi connectivity index (χ3v) is 4.88. The van der Waals surface area contributed by atoms with Crippen LogP contribution in [0.1, 0.15) is 64.7 Å². The lowest BCUT2D eigenvalue weighted by molar-refractivity contribution is 0.0249. The van der Waals surface area contributed by atoms with Crippen LogP contribution in [-0.4, -0.2) is 29.6 Å². The van der Waals surface area contributed by atoms with Gasteiger partial charge in [-0.15, -0.1) is 0 Å². The average molecular weight is 224 g/mol. The molecule has 0 aromatic heterocycles. The summed E-state index contributed by atoms with van der Waals surface area (Å²) in [6.07, 6.45) is 12.6. The minimum atomic E-state index is 0.363. The fraction of sp³-hybridized carbons (Fsp3) is 1.00. The molecule has 0 saturated heterocycles. The SMILES string of the molecule is CCN(C1CCCC1)C1(CN)CCCCC1. The number of hydrogen-bond donors (Lipinski definition) is 1. The molecule has 0 aromatic rings. The van der Waals surface area contributed by atoms with Gasteiger partial charge in [-0.1, -0.05) is 39.0 Å². The fourth-order valence-electron chi connectivity index (χ4n) is 4.02. The largest absolute Gasteiger partial charge is 0.329 e. The molecule has 2 N–H and O–H groups in total. The van der Waals surface area contributed by atoms with Crippen molar-refractivity contribution in [1.29, 1.82) is 0 Å². The van der Waals surface area contributed by atoms with Crippen LogP contribution >= 0.6 is 0 Å². The second-order valence-corrected chi connectivity index (χ2v) is 5.71. The average Bonchev–Trinajstić information content (AvgIpc) is 2.85. The van der Waals surface area contributed by atoms with Gasteiger partial charge < -0.3 is 5.73 Å². The lowest BCUT2D eigenvalue weighted by atomic mass is 9.79. The molecular formula is C14H28N2. The van der Waals surface area contributed by atoms with Crippen molar-refractivity contribution >= 4 is 0 Å². The summed E-state index contributed by atoms with van der Waals surface area (Å²) in [6, 6.07) is 0.839. The minimum Gasteiger partial charge on any atom is -0.329 e. The Morgan fingerprint density at radius 2 is 1.69 bits per heavy atom. The van der Waals surface area contributed by atoms with Crippen molar-refractivity contribution in [2.75, 3.05) is 13.1 Å². The van der Waals surface area contributed by atoms with E-state index >= 15 is 0 Å². The van der Waals surface area contributed by atoms with Crippen LogP contribution in [0, 0.1) is 0 Å². The van der Waals surface area contributed by atoms with Crippen LogP contribution in [0.2, 0.25) is 0 Å². The van der Waals surface area contributed by atoms with Gasteiger partial charge in [-0.2, -0.15) is 0 Å². The lowest BCUT2D eigenvalue weighted by Gasteiger charge is -2.48. The van der Waals surface area contributed by atoms with Crippen LogP contribution in [0.25, 0.3) is 0 Å². The van der Waals surface area contributed by atoms with Gasteiger partial charge in [-0.3, -0.25) is 4.90 Å². The van der Waals surface area contributed by atoms with Crippen molar-refractivity contribution in [1.82, 2.24) is 4.90 Å². The highest BCUT2D eigenvalue weighted by Gasteiger charge is 2.39. The first kappa shape index (κ1) is 12.4. The quantitative estimate of drug-likeness (QED) is 0.795. The molecule has 94 valence electrons. The zero-order valence-corrected chi connectivity index (χ0v) is 10.9. The van der Waals surface area contributed by atoms with Crippen LogP contribution in [0.4, 0.5) is 0 Å². The Balaban J connectivity index is 2.08. The van der Waals surface area contributed by atoms with Gasteiger partial charge >= 0.3 is 0 Å². The van der Waals surface area contributed by atoms with Gasteiger partial charge in [0.1, 0.15) is 0 Å². The molecule has 2 nitrogen and oxygen atoms in total. The Morgan fingerprint density at radius 1 is 1.06 bits per heavy atom. The number of hydrogen-bond acceptors (Lipinski definition) is 2. The molecule has 0 radical (unpaired) electrons. The molecule has 0 heterocycles. The first-order chi connectivity index (χ1) is 7.82. The monoisotopic (exact) mass is 224 g/mol. The Morgan fingerprint density at radius 3 is 2.19 bits per heavy atom. The van der Waals surface area contributed by atoms with Crippen LogP contribution in [0.3, 0.4) is 0 Å². The summed E-state index contributed by atoms with van der Waals surface area (Å²) in [5.41, 5.74) is 6.50. The molecule has 2 saturated carbocycles. The maximum atomic E-state index is 6.14. The van der Waals surface area contributed by atoms with Gasteiger partial charge in [0.05, 0.1) is 0 Å². The van der Waals surface area contributed by atoms with Gasteiger partial charge in [0.15, 0.2) is 0 Å². The Hall–Kier alpha value is -0.0800. The van der Waals surface area contributed by atoms with E-state index in [1.54, 1.807) is 0 Å². The standard InChI is InChI=1S/C14H28N2/c1-2-16(13-8-4-5-9-13)14(12-15)10-6-3-7-11-14/h13H,2-12,15H2,1H3. The van der Waals surface area contributed by atoms with Crippen molar-refractivity contribution in [3.05, 3.63) is 0 Å². The summed E-state index contributed by atoms with van der Waals surface area (Å²) < 4.78 is 0.